The van der Waals surface area contributed by atoms with E-state index < -0.39 is 100 Å². The van der Waals surface area contributed by atoms with Gasteiger partial charge in [-0.1, -0.05) is 31.3 Å². The Morgan fingerprint density at radius 3 is 2.31 bits per heavy atom. The van der Waals surface area contributed by atoms with Crippen molar-refractivity contribution in [3.63, 3.8) is 0 Å². The molecule has 2 aromatic carbocycles. The van der Waals surface area contributed by atoms with E-state index >= 15 is 8.78 Å². The van der Waals surface area contributed by atoms with Crippen molar-refractivity contribution in [3.05, 3.63) is 94.2 Å². The summed E-state index contributed by atoms with van der Waals surface area (Å²) in [6.07, 6.45) is -5.07. The summed E-state index contributed by atoms with van der Waals surface area (Å²) in [5.74, 6) is -10.3. The number of carbonyl (C=O) groups is 3. The van der Waals surface area contributed by atoms with Crippen LogP contribution in [0.4, 0.5) is 45.0 Å². The van der Waals surface area contributed by atoms with E-state index in [4.69, 9.17) is 20.4 Å². The van der Waals surface area contributed by atoms with Gasteiger partial charge in [-0.3, -0.25) is 14.3 Å². The monoisotopic (exact) mass is 876 g/mol. The van der Waals surface area contributed by atoms with E-state index in [0.29, 0.717) is 53.1 Å². The van der Waals surface area contributed by atoms with Crippen molar-refractivity contribution in [1.29, 1.82) is 0 Å². The number of amides is 3. The van der Waals surface area contributed by atoms with Gasteiger partial charge in [0.15, 0.2) is 16.5 Å². The predicted octanol–water partition coefficient (Wildman–Crippen LogP) is 7.41. The molecule has 3 fully saturated rings. The van der Waals surface area contributed by atoms with Crippen molar-refractivity contribution in [2.75, 3.05) is 24.5 Å². The van der Waals surface area contributed by atoms with Crippen molar-refractivity contribution < 1.29 is 54.2 Å². The molecule has 12 nitrogen and oxygen atoms in total. The highest BCUT2D eigenvalue weighted by atomic mass is 32.1. The molecule has 2 saturated heterocycles. The molecule has 1 saturated carbocycles. The third-order valence-electron chi connectivity index (χ3n) is 11.4. The quantitative estimate of drug-likeness (QED) is 0.116. The number of anilines is 1. The number of aromatic nitrogens is 4. The predicted molar refractivity (Wildman–Crippen MR) is 204 cm³/mol. The van der Waals surface area contributed by atoms with Gasteiger partial charge in [0.05, 0.1) is 28.5 Å². The zero-order valence-electron chi connectivity index (χ0n) is 32.3. The number of rotatable bonds is 11. The standard InChI is InChI=1S/C40H36F8N8O4S/c1-37(2)16-28(37)39(44,45)30-15-29(40(46,47)48)54-56(30)17-31(57)51-26(11-19-9-21(41)13-22(42)10-19)32-23(20-3-4-25(43)24(12-20)33(49)58)14-27-34(52-32)53-35(61-27)55-7-5-38(6-8-55)18-50-36(59)60-38/h3-4,9-10,12-15,26,28H,5-8,11,16-18H2,1-2H3,(H2,49,58)(H,50,59)(H,51,57)/t26-,28-/m0/s1. The van der Waals surface area contributed by atoms with Gasteiger partial charge in [0.2, 0.25) is 5.91 Å². The average molecular weight is 877 g/mol. The first kappa shape index (κ1) is 41.9. The molecule has 2 aliphatic heterocycles. The van der Waals surface area contributed by atoms with Gasteiger partial charge in [0, 0.05) is 43.5 Å². The molecule has 21 heteroatoms. The fourth-order valence-corrected chi connectivity index (χ4v) is 9.03. The van der Waals surface area contributed by atoms with Crippen LogP contribution in [0.5, 0.6) is 0 Å². The van der Waals surface area contributed by atoms with Gasteiger partial charge in [-0.15, -0.1) is 0 Å². The molecule has 61 heavy (non-hydrogen) atoms. The van der Waals surface area contributed by atoms with Crippen LogP contribution in [0.25, 0.3) is 21.5 Å². The second kappa shape index (κ2) is 14.9. The molecule has 2 atom stereocenters. The number of nitrogens with zero attached hydrogens (tertiary/aromatic N) is 5. The molecular formula is C40H36F8N8O4S. The number of benzene rings is 2. The first-order chi connectivity index (χ1) is 28.6. The minimum absolute atomic E-state index is 0.00650. The Hall–Kier alpha value is -5.86. The van der Waals surface area contributed by atoms with E-state index in [-0.39, 0.29) is 40.5 Å². The van der Waals surface area contributed by atoms with E-state index in [2.05, 4.69) is 15.7 Å². The molecule has 3 aromatic heterocycles. The molecule has 8 rings (SSSR count). The van der Waals surface area contributed by atoms with Crippen molar-refractivity contribution in [2.45, 2.75) is 69.8 Å². The lowest BCUT2D eigenvalue weighted by atomic mass is 9.92. The van der Waals surface area contributed by atoms with Crippen molar-refractivity contribution in [2.24, 2.45) is 17.1 Å². The topological polar surface area (TPSA) is 157 Å². The number of piperidine rings is 1. The summed E-state index contributed by atoms with van der Waals surface area (Å²) in [5, 5.41) is 9.15. The second-order valence-electron chi connectivity index (χ2n) is 16.3. The van der Waals surface area contributed by atoms with Crippen molar-refractivity contribution >= 4 is 44.7 Å². The Morgan fingerprint density at radius 2 is 1.70 bits per heavy atom. The molecule has 0 unspecified atom stereocenters. The molecule has 0 radical (unpaired) electrons. The number of alkyl halides is 5. The molecule has 1 aliphatic carbocycles. The summed E-state index contributed by atoms with van der Waals surface area (Å²) in [7, 11) is 0. The van der Waals surface area contributed by atoms with E-state index in [1.165, 1.54) is 31.3 Å². The zero-order valence-corrected chi connectivity index (χ0v) is 33.1. The van der Waals surface area contributed by atoms with Crippen LogP contribution in [-0.2, 0) is 34.6 Å². The van der Waals surface area contributed by atoms with E-state index in [1.807, 2.05) is 4.90 Å². The number of ether oxygens (including phenoxy) is 1. The highest BCUT2D eigenvalue weighted by Crippen LogP contribution is 2.62. The molecule has 0 bridgehead atoms. The van der Waals surface area contributed by atoms with Gasteiger partial charge in [-0.05, 0) is 65.8 Å². The summed E-state index contributed by atoms with van der Waals surface area (Å²) in [5.41, 5.74) is 1.03. The fraction of sp³-hybridized carbons (Fsp3) is 0.400. The lowest BCUT2D eigenvalue weighted by Gasteiger charge is -2.36. The number of carbonyl (C=O) groups excluding carboxylic acids is 3. The number of nitrogens with two attached hydrogens (primary N) is 1. The SMILES string of the molecule is CC1(C)C[C@@H]1C(F)(F)c1cc(C(F)(F)F)nn1CC(=O)N[C@@H](Cc1cc(F)cc(F)c1)c1nc2nc(N3CCC4(CC3)CNC(=O)O4)sc2cc1-c1ccc(F)c(C(N)=O)c1. The number of thiazole rings is 1. The summed E-state index contributed by atoms with van der Waals surface area (Å²) in [6.45, 7) is 3.19. The lowest BCUT2D eigenvalue weighted by molar-refractivity contribution is -0.141. The van der Waals surface area contributed by atoms with Crippen LogP contribution in [0.3, 0.4) is 0 Å². The van der Waals surface area contributed by atoms with Gasteiger partial charge >= 0.3 is 12.3 Å². The highest BCUT2D eigenvalue weighted by Gasteiger charge is 2.62. The molecule has 4 N–H and O–H groups in total. The van der Waals surface area contributed by atoms with Crippen LogP contribution in [0, 0.1) is 28.8 Å². The summed E-state index contributed by atoms with van der Waals surface area (Å²) >= 11 is 1.22. The number of halogens is 8. The molecule has 322 valence electrons. The number of nitrogens with one attached hydrogen (secondary N) is 2. The van der Waals surface area contributed by atoms with Crippen molar-refractivity contribution in [3.8, 4) is 11.1 Å². The van der Waals surface area contributed by atoms with Crippen molar-refractivity contribution in [1.82, 2.24) is 30.4 Å². The maximum atomic E-state index is 15.8. The first-order valence-corrected chi connectivity index (χ1v) is 19.8. The molecular weight excluding hydrogens is 841 g/mol. The Morgan fingerprint density at radius 1 is 1.02 bits per heavy atom. The van der Waals surface area contributed by atoms with Crippen LogP contribution >= 0.6 is 11.3 Å². The number of pyridine rings is 1. The number of alkyl carbamates (subject to hydrolysis) is 1. The van der Waals surface area contributed by atoms with E-state index in [0.717, 1.165) is 24.3 Å². The van der Waals surface area contributed by atoms with Gasteiger partial charge in [0.25, 0.3) is 11.8 Å². The number of fused-ring (bicyclic) bond motifs is 1. The van der Waals surface area contributed by atoms with Gasteiger partial charge in [-0.2, -0.15) is 32.0 Å². The third kappa shape index (κ3) is 8.30. The molecule has 5 heterocycles. The Bertz CT molecular complexity index is 2570. The number of primary amides is 1. The van der Waals surface area contributed by atoms with E-state index in [9.17, 15) is 40.7 Å². The number of hydrogen-bond donors (Lipinski definition) is 3. The van der Waals surface area contributed by atoms with Gasteiger partial charge < -0.3 is 26.0 Å². The molecule has 3 aliphatic rings. The smallest absolute Gasteiger partial charge is 0.435 e. The maximum absolute atomic E-state index is 15.8. The van der Waals surface area contributed by atoms with Crippen LogP contribution in [0.15, 0.2) is 48.5 Å². The molecule has 1 spiro atoms. The Kier molecular flexibility index (Phi) is 10.3. The Balaban J connectivity index is 1.21. The average Bonchev–Trinajstić information content (AvgIpc) is 3.52. The van der Waals surface area contributed by atoms with E-state index in [1.54, 1.807) is 6.07 Å². The van der Waals surface area contributed by atoms with Crippen LogP contribution in [0.2, 0.25) is 0 Å². The van der Waals surface area contributed by atoms with Crippen LogP contribution < -0.4 is 21.3 Å². The third-order valence-corrected chi connectivity index (χ3v) is 12.5. The second-order valence-corrected chi connectivity index (χ2v) is 17.3. The van der Waals surface area contributed by atoms with Crippen LogP contribution in [-0.4, -0.2) is 62.9 Å². The summed E-state index contributed by atoms with van der Waals surface area (Å²) in [6, 6.07) is 6.38. The minimum atomic E-state index is -5.13. The zero-order chi connectivity index (χ0) is 43.8. The van der Waals surface area contributed by atoms with Gasteiger partial charge in [-0.25, -0.2) is 22.9 Å². The molecule has 3 amide bonds. The lowest BCUT2D eigenvalue weighted by Crippen LogP contribution is -2.46. The Labute approximate surface area is 345 Å². The largest absolute Gasteiger partial charge is 0.441 e. The first-order valence-electron chi connectivity index (χ1n) is 19.0. The normalized spacial score (nSPS) is 18.9. The summed E-state index contributed by atoms with van der Waals surface area (Å²) < 4.78 is 124. The fourth-order valence-electron chi connectivity index (χ4n) is 8.03. The highest BCUT2D eigenvalue weighted by molar-refractivity contribution is 7.22. The summed E-state index contributed by atoms with van der Waals surface area (Å²) in [4.78, 5) is 49.5. The number of hydrogen-bond acceptors (Lipinski definition) is 9. The van der Waals surface area contributed by atoms with Gasteiger partial charge in [0.1, 0.15) is 35.3 Å². The maximum Gasteiger partial charge on any atom is 0.435 e. The minimum Gasteiger partial charge on any atom is -0.441 e. The molecule has 5 aromatic rings. The van der Waals surface area contributed by atoms with Crippen LogP contribution in [0.1, 0.15) is 72.2 Å².